The van der Waals surface area contributed by atoms with Gasteiger partial charge in [0.2, 0.25) is 0 Å². The average Bonchev–Trinajstić information content (AvgIpc) is 3.10. The van der Waals surface area contributed by atoms with Crippen molar-refractivity contribution in [3.8, 4) is 0 Å². The highest BCUT2D eigenvalue weighted by Gasteiger charge is 2.29. The first-order valence-corrected chi connectivity index (χ1v) is 5.77. The maximum absolute atomic E-state index is 11.0. The minimum Gasteiger partial charge on any atom is -0.481 e. The van der Waals surface area contributed by atoms with Crippen LogP contribution in [0.25, 0.3) is 0 Å². The van der Waals surface area contributed by atoms with Crippen LogP contribution >= 0.6 is 0 Å². The summed E-state index contributed by atoms with van der Waals surface area (Å²) in [6, 6.07) is 0. The number of aliphatic carboxylic acids is 1. The van der Waals surface area contributed by atoms with E-state index in [1.54, 1.807) is 13.1 Å². The number of hydrogen-bond acceptors (Lipinski definition) is 4. The highest BCUT2D eigenvalue weighted by atomic mass is 16.4. The number of carboxylic acids is 1. The molecule has 1 aliphatic rings. The third kappa shape index (κ3) is 2.38. The molecular formula is C12H17N3O2. The second-order valence-electron chi connectivity index (χ2n) is 4.74. The molecule has 1 N–H and O–H groups in total. The summed E-state index contributed by atoms with van der Waals surface area (Å²) in [6.45, 7) is 1.66. The number of aromatic nitrogens is 2. The standard InChI is InChI=1S/C12H17N3O2/c1-7(12(16)17)9-6-13-10(8-4-5-8)14-11(9)15(2)3/h6-8H,4-5H2,1-3H3,(H,16,17). The molecule has 5 nitrogen and oxygen atoms in total. The maximum Gasteiger partial charge on any atom is 0.310 e. The molecule has 0 radical (unpaired) electrons. The molecule has 0 amide bonds. The van der Waals surface area contributed by atoms with Gasteiger partial charge in [-0.2, -0.15) is 0 Å². The van der Waals surface area contributed by atoms with E-state index in [4.69, 9.17) is 5.11 Å². The van der Waals surface area contributed by atoms with E-state index >= 15 is 0 Å². The molecular weight excluding hydrogens is 218 g/mol. The van der Waals surface area contributed by atoms with Crippen LogP contribution in [-0.2, 0) is 4.79 Å². The molecule has 1 aromatic rings. The zero-order valence-electron chi connectivity index (χ0n) is 10.3. The normalized spacial score (nSPS) is 16.6. The molecule has 0 bridgehead atoms. The molecule has 2 rings (SSSR count). The van der Waals surface area contributed by atoms with Crippen LogP contribution < -0.4 is 4.90 Å². The minimum absolute atomic E-state index is 0.475. The Bertz CT molecular complexity index is 441. The van der Waals surface area contributed by atoms with Crippen molar-refractivity contribution in [1.82, 2.24) is 9.97 Å². The SMILES string of the molecule is CC(C(=O)O)c1cnc(C2CC2)nc1N(C)C. The van der Waals surface area contributed by atoms with Crippen LogP contribution in [0.3, 0.4) is 0 Å². The lowest BCUT2D eigenvalue weighted by Gasteiger charge is -2.18. The summed E-state index contributed by atoms with van der Waals surface area (Å²) in [5.74, 6) is 0.603. The zero-order valence-corrected chi connectivity index (χ0v) is 10.3. The van der Waals surface area contributed by atoms with Gasteiger partial charge in [-0.15, -0.1) is 0 Å². The van der Waals surface area contributed by atoms with E-state index in [-0.39, 0.29) is 0 Å². The number of rotatable bonds is 4. The quantitative estimate of drug-likeness (QED) is 0.858. The lowest BCUT2D eigenvalue weighted by atomic mass is 10.0. The highest BCUT2D eigenvalue weighted by molar-refractivity contribution is 5.77. The van der Waals surface area contributed by atoms with E-state index in [0.29, 0.717) is 11.5 Å². The summed E-state index contributed by atoms with van der Waals surface area (Å²) >= 11 is 0. The van der Waals surface area contributed by atoms with Gasteiger partial charge in [0.05, 0.1) is 5.92 Å². The van der Waals surface area contributed by atoms with Crippen molar-refractivity contribution >= 4 is 11.8 Å². The smallest absolute Gasteiger partial charge is 0.310 e. The molecule has 0 saturated heterocycles. The number of anilines is 1. The lowest BCUT2D eigenvalue weighted by molar-refractivity contribution is -0.138. The molecule has 1 aromatic heterocycles. The van der Waals surface area contributed by atoms with Crippen molar-refractivity contribution in [3.63, 3.8) is 0 Å². The van der Waals surface area contributed by atoms with Crippen LogP contribution in [0.4, 0.5) is 5.82 Å². The van der Waals surface area contributed by atoms with Gasteiger partial charge in [-0.25, -0.2) is 9.97 Å². The maximum atomic E-state index is 11.0. The summed E-state index contributed by atoms with van der Waals surface area (Å²) in [5, 5.41) is 9.06. The predicted molar refractivity (Wildman–Crippen MR) is 64.4 cm³/mol. The van der Waals surface area contributed by atoms with Gasteiger partial charge in [0.1, 0.15) is 11.6 Å². The Morgan fingerprint density at radius 1 is 1.53 bits per heavy atom. The molecule has 1 aliphatic carbocycles. The minimum atomic E-state index is -0.851. The fourth-order valence-corrected chi connectivity index (χ4v) is 1.73. The number of carboxylic acid groups (broad SMARTS) is 1. The molecule has 5 heteroatoms. The molecule has 17 heavy (non-hydrogen) atoms. The second-order valence-corrected chi connectivity index (χ2v) is 4.74. The third-order valence-electron chi connectivity index (χ3n) is 3.02. The second kappa shape index (κ2) is 4.31. The summed E-state index contributed by atoms with van der Waals surface area (Å²) in [6.07, 6.45) is 3.94. The van der Waals surface area contributed by atoms with E-state index in [0.717, 1.165) is 24.5 Å². The van der Waals surface area contributed by atoms with E-state index in [1.807, 2.05) is 19.0 Å². The average molecular weight is 235 g/mol. The van der Waals surface area contributed by atoms with Crippen LogP contribution in [0.15, 0.2) is 6.20 Å². The first kappa shape index (κ1) is 11.8. The Morgan fingerprint density at radius 2 is 2.18 bits per heavy atom. The van der Waals surface area contributed by atoms with Gasteiger partial charge in [0, 0.05) is 31.8 Å². The Labute approximate surface area is 100 Å². The summed E-state index contributed by atoms with van der Waals surface area (Å²) in [4.78, 5) is 21.7. The van der Waals surface area contributed by atoms with Crippen molar-refractivity contribution in [2.24, 2.45) is 0 Å². The Morgan fingerprint density at radius 3 is 2.65 bits per heavy atom. The van der Waals surface area contributed by atoms with Crippen molar-refractivity contribution in [2.45, 2.75) is 31.6 Å². The van der Waals surface area contributed by atoms with Crippen LogP contribution in [0, 0.1) is 0 Å². The summed E-state index contributed by atoms with van der Waals surface area (Å²) < 4.78 is 0. The van der Waals surface area contributed by atoms with Gasteiger partial charge in [0.25, 0.3) is 0 Å². The van der Waals surface area contributed by atoms with Gasteiger partial charge >= 0.3 is 5.97 Å². The Kier molecular flexibility index (Phi) is 3.00. The van der Waals surface area contributed by atoms with Crippen molar-refractivity contribution in [3.05, 3.63) is 17.6 Å². The van der Waals surface area contributed by atoms with E-state index in [2.05, 4.69) is 9.97 Å². The predicted octanol–water partition coefficient (Wildman–Crippen LogP) is 1.61. The third-order valence-corrected chi connectivity index (χ3v) is 3.02. The fourth-order valence-electron chi connectivity index (χ4n) is 1.73. The first-order valence-electron chi connectivity index (χ1n) is 5.77. The first-order chi connectivity index (χ1) is 8.00. The fraction of sp³-hybridized carbons (Fsp3) is 0.583. The molecule has 1 heterocycles. The highest BCUT2D eigenvalue weighted by Crippen LogP contribution is 2.39. The van der Waals surface area contributed by atoms with E-state index in [1.165, 1.54) is 0 Å². The molecule has 0 aromatic carbocycles. The van der Waals surface area contributed by atoms with Crippen LogP contribution in [-0.4, -0.2) is 35.1 Å². The Hall–Kier alpha value is -1.65. The molecule has 1 atom stereocenters. The van der Waals surface area contributed by atoms with Gasteiger partial charge in [0.15, 0.2) is 0 Å². The van der Waals surface area contributed by atoms with Crippen molar-refractivity contribution in [2.75, 3.05) is 19.0 Å². The Balaban J connectivity index is 2.40. The van der Waals surface area contributed by atoms with Gasteiger partial charge in [-0.1, -0.05) is 0 Å². The van der Waals surface area contributed by atoms with Gasteiger partial charge in [-0.3, -0.25) is 4.79 Å². The van der Waals surface area contributed by atoms with Gasteiger partial charge < -0.3 is 10.0 Å². The topological polar surface area (TPSA) is 66.3 Å². The molecule has 92 valence electrons. The summed E-state index contributed by atoms with van der Waals surface area (Å²) in [7, 11) is 3.74. The molecule has 1 unspecified atom stereocenters. The molecule has 1 fully saturated rings. The van der Waals surface area contributed by atoms with Crippen molar-refractivity contribution in [1.29, 1.82) is 0 Å². The number of carbonyl (C=O) groups is 1. The molecule has 1 saturated carbocycles. The largest absolute Gasteiger partial charge is 0.481 e. The van der Waals surface area contributed by atoms with E-state index < -0.39 is 11.9 Å². The molecule has 0 aliphatic heterocycles. The van der Waals surface area contributed by atoms with Crippen LogP contribution in [0.2, 0.25) is 0 Å². The van der Waals surface area contributed by atoms with Crippen LogP contribution in [0.5, 0.6) is 0 Å². The summed E-state index contributed by atoms with van der Waals surface area (Å²) in [5.41, 5.74) is 0.673. The monoisotopic (exact) mass is 235 g/mol. The van der Waals surface area contributed by atoms with Gasteiger partial charge in [-0.05, 0) is 19.8 Å². The lowest BCUT2D eigenvalue weighted by Crippen LogP contribution is -2.19. The zero-order chi connectivity index (χ0) is 12.6. The van der Waals surface area contributed by atoms with Crippen LogP contribution in [0.1, 0.15) is 43.0 Å². The number of nitrogens with zero attached hydrogens (tertiary/aromatic N) is 3. The number of hydrogen-bond donors (Lipinski definition) is 1. The van der Waals surface area contributed by atoms with Crippen molar-refractivity contribution < 1.29 is 9.90 Å². The molecule has 0 spiro atoms. The van der Waals surface area contributed by atoms with E-state index in [9.17, 15) is 4.79 Å².